The third-order valence-corrected chi connectivity index (χ3v) is 3.72. The summed E-state index contributed by atoms with van der Waals surface area (Å²) in [4.78, 5) is 8.93. The first-order chi connectivity index (χ1) is 8.36. The molecular formula is C10H13F3N4S. The molecule has 2 N–H and O–H groups in total. The number of aromatic nitrogens is 2. The second-order valence-electron chi connectivity index (χ2n) is 4.09. The molecule has 0 aromatic carbocycles. The molecule has 1 aliphatic rings. The van der Waals surface area contributed by atoms with Crippen molar-refractivity contribution in [2.75, 3.05) is 29.5 Å². The maximum atomic E-state index is 12.6. The van der Waals surface area contributed by atoms with E-state index < -0.39 is 11.9 Å². The Balaban J connectivity index is 2.30. The summed E-state index contributed by atoms with van der Waals surface area (Å²) in [5.41, 5.74) is 4.35. The van der Waals surface area contributed by atoms with E-state index in [0.29, 0.717) is 18.3 Å². The van der Waals surface area contributed by atoms with E-state index in [9.17, 15) is 13.2 Å². The molecule has 4 nitrogen and oxygen atoms in total. The highest BCUT2D eigenvalue weighted by atomic mass is 32.2. The van der Waals surface area contributed by atoms with Crippen LogP contribution in [0.4, 0.5) is 24.9 Å². The molecule has 1 atom stereocenters. The molecular weight excluding hydrogens is 265 g/mol. The van der Waals surface area contributed by atoms with Gasteiger partial charge in [0.05, 0.1) is 0 Å². The van der Waals surface area contributed by atoms with E-state index in [0.717, 1.165) is 11.8 Å². The van der Waals surface area contributed by atoms with Gasteiger partial charge in [0.1, 0.15) is 5.82 Å². The summed E-state index contributed by atoms with van der Waals surface area (Å²) in [6.07, 6.45) is -4.50. The van der Waals surface area contributed by atoms with Gasteiger partial charge in [-0.3, -0.25) is 0 Å². The Kier molecular flexibility index (Phi) is 3.56. The average molecular weight is 278 g/mol. The smallest absolute Gasteiger partial charge is 0.368 e. The molecule has 0 radical (unpaired) electrons. The highest BCUT2D eigenvalue weighted by molar-refractivity contribution is 8.00. The minimum Gasteiger partial charge on any atom is -0.368 e. The summed E-state index contributed by atoms with van der Waals surface area (Å²) in [6.45, 7) is 3.37. The van der Waals surface area contributed by atoms with Crippen molar-refractivity contribution in [2.24, 2.45) is 0 Å². The SMILES string of the molecule is CC1CN(c2cc(C(F)(F)F)nc(N)n2)CCS1. The molecule has 100 valence electrons. The predicted octanol–water partition coefficient (Wildman–Crippen LogP) is 2.02. The summed E-state index contributed by atoms with van der Waals surface area (Å²) < 4.78 is 37.9. The van der Waals surface area contributed by atoms with E-state index in [-0.39, 0.29) is 11.8 Å². The minimum absolute atomic E-state index is 0.252. The average Bonchev–Trinajstić information content (AvgIpc) is 2.27. The van der Waals surface area contributed by atoms with Crippen molar-refractivity contribution in [3.05, 3.63) is 11.8 Å². The van der Waals surface area contributed by atoms with Crippen LogP contribution in [0.5, 0.6) is 0 Å². The topological polar surface area (TPSA) is 55.0 Å². The lowest BCUT2D eigenvalue weighted by Gasteiger charge is -2.31. The second-order valence-corrected chi connectivity index (χ2v) is 5.64. The molecule has 1 unspecified atom stereocenters. The summed E-state index contributed by atoms with van der Waals surface area (Å²) in [5, 5.41) is 0.365. The first kappa shape index (κ1) is 13.3. The zero-order valence-corrected chi connectivity index (χ0v) is 10.6. The molecule has 8 heteroatoms. The number of rotatable bonds is 1. The van der Waals surface area contributed by atoms with Crippen molar-refractivity contribution in [3.8, 4) is 0 Å². The molecule has 1 saturated heterocycles. The molecule has 18 heavy (non-hydrogen) atoms. The lowest BCUT2D eigenvalue weighted by Crippen LogP contribution is -2.37. The van der Waals surface area contributed by atoms with Gasteiger partial charge in [-0.25, -0.2) is 4.98 Å². The number of nitrogens with two attached hydrogens (primary N) is 1. The zero-order valence-electron chi connectivity index (χ0n) is 9.74. The zero-order chi connectivity index (χ0) is 13.3. The number of halogens is 3. The quantitative estimate of drug-likeness (QED) is 0.851. The fraction of sp³-hybridized carbons (Fsp3) is 0.600. The Bertz CT molecular complexity index is 438. The molecule has 1 aromatic rings. The van der Waals surface area contributed by atoms with Crippen molar-refractivity contribution >= 4 is 23.5 Å². The van der Waals surface area contributed by atoms with E-state index in [1.54, 1.807) is 11.8 Å². The van der Waals surface area contributed by atoms with E-state index in [1.165, 1.54) is 0 Å². The Morgan fingerprint density at radius 2 is 2.17 bits per heavy atom. The number of anilines is 2. The van der Waals surface area contributed by atoms with Crippen LogP contribution in [0.25, 0.3) is 0 Å². The molecule has 1 aliphatic heterocycles. The fourth-order valence-electron chi connectivity index (χ4n) is 1.79. The normalized spacial score (nSPS) is 21.1. The summed E-state index contributed by atoms with van der Waals surface area (Å²) in [6, 6.07) is 0.957. The number of alkyl halides is 3. The van der Waals surface area contributed by atoms with Gasteiger partial charge in [0, 0.05) is 30.2 Å². The molecule has 0 bridgehead atoms. The standard InChI is InChI=1S/C10H13F3N4S/c1-6-5-17(2-3-18-6)8-4-7(10(11,12)13)15-9(14)16-8/h4,6H,2-3,5H2,1H3,(H2,14,15,16). The number of thioether (sulfide) groups is 1. The summed E-state index contributed by atoms with van der Waals surface area (Å²) in [7, 11) is 0. The van der Waals surface area contributed by atoms with Gasteiger partial charge in [0.2, 0.25) is 5.95 Å². The maximum Gasteiger partial charge on any atom is 0.433 e. The van der Waals surface area contributed by atoms with E-state index in [2.05, 4.69) is 9.97 Å². The number of nitrogens with zero attached hydrogens (tertiary/aromatic N) is 3. The highest BCUT2D eigenvalue weighted by Gasteiger charge is 2.34. The highest BCUT2D eigenvalue weighted by Crippen LogP contribution is 2.31. The monoisotopic (exact) mass is 278 g/mol. The first-order valence-corrected chi connectivity index (χ1v) is 6.49. The van der Waals surface area contributed by atoms with Crippen molar-refractivity contribution < 1.29 is 13.2 Å². The van der Waals surface area contributed by atoms with Gasteiger partial charge in [0.25, 0.3) is 0 Å². The largest absolute Gasteiger partial charge is 0.433 e. The van der Waals surface area contributed by atoms with Gasteiger partial charge in [0.15, 0.2) is 5.69 Å². The van der Waals surface area contributed by atoms with Crippen LogP contribution in [0, 0.1) is 0 Å². The molecule has 1 fully saturated rings. The molecule has 0 spiro atoms. The lowest BCUT2D eigenvalue weighted by atomic mass is 10.3. The van der Waals surface area contributed by atoms with Gasteiger partial charge in [-0.15, -0.1) is 0 Å². The maximum absolute atomic E-state index is 12.6. The van der Waals surface area contributed by atoms with E-state index >= 15 is 0 Å². The van der Waals surface area contributed by atoms with Gasteiger partial charge >= 0.3 is 6.18 Å². The van der Waals surface area contributed by atoms with Crippen LogP contribution in [-0.2, 0) is 6.18 Å². The predicted molar refractivity (Wildman–Crippen MR) is 65.6 cm³/mol. The Hall–Kier alpha value is -1.18. The Labute approximate surface area is 107 Å². The van der Waals surface area contributed by atoms with Crippen LogP contribution in [0.2, 0.25) is 0 Å². The summed E-state index contributed by atoms with van der Waals surface area (Å²) in [5.74, 6) is 0.777. The van der Waals surface area contributed by atoms with Crippen molar-refractivity contribution in [1.82, 2.24) is 9.97 Å². The van der Waals surface area contributed by atoms with Crippen molar-refractivity contribution in [1.29, 1.82) is 0 Å². The van der Waals surface area contributed by atoms with Crippen molar-refractivity contribution in [3.63, 3.8) is 0 Å². The lowest BCUT2D eigenvalue weighted by molar-refractivity contribution is -0.141. The van der Waals surface area contributed by atoms with E-state index in [1.807, 2.05) is 11.8 Å². The third-order valence-electron chi connectivity index (χ3n) is 2.59. The summed E-state index contributed by atoms with van der Waals surface area (Å²) >= 11 is 1.79. The fourth-order valence-corrected chi connectivity index (χ4v) is 2.80. The van der Waals surface area contributed by atoms with Crippen LogP contribution < -0.4 is 10.6 Å². The Morgan fingerprint density at radius 1 is 1.44 bits per heavy atom. The molecule has 0 amide bonds. The number of nitrogen functional groups attached to an aromatic ring is 1. The van der Waals surface area contributed by atoms with Crippen LogP contribution in [0.3, 0.4) is 0 Å². The molecule has 0 aliphatic carbocycles. The third kappa shape index (κ3) is 2.98. The number of hydrogen-bond acceptors (Lipinski definition) is 5. The van der Waals surface area contributed by atoms with Crippen LogP contribution >= 0.6 is 11.8 Å². The van der Waals surface area contributed by atoms with Gasteiger partial charge < -0.3 is 10.6 Å². The van der Waals surface area contributed by atoms with Gasteiger partial charge in [-0.1, -0.05) is 6.92 Å². The van der Waals surface area contributed by atoms with Crippen LogP contribution in [-0.4, -0.2) is 34.1 Å². The number of hydrogen-bond donors (Lipinski definition) is 1. The van der Waals surface area contributed by atoms with E-state index in [4.69, 9.17) is 5.73 Å². The molecule has 0 saturated carbocycles. The first-order valence-electron chi connectivity index (χ1n) is 5.44. The minimum atomic E-state index is -4.50. The van der Waals surface area contributed by atoms with Crippen LogP contribution in [0.15, 0.2) is 6.07 Å². The van der Waals surface area contributed by atoms with Gasteiger partial charge in [-0.2, -0.15) is 29.9 Å². The second kappa shape index (κ2) is 4.83. The molecule has 1 aromatic heterocycles. The Morgan fingerprint density at radius 3 is 2.78 bits per heavy atom. The van der Waals surface area contributed by atoms with Crippen LogP contribution in [0.1, 0.15) is 12.6 Å². The van der Waals surface area contributed by atoms with Gasteiger partial charge in [-0.05, 0) is 0 Å². The molecule has 2 heterocycles. The van der Waals surface area contributed by atoms with Crippen molar-refractivity contribution in [2.45, 2.75) is 18.3 Å². The molecule has 2 rings (SSSR count).